The average Bonchev–Trinajstić information content (AvgIpc) is 2.19. The van der Waals surface area contributed by atoms with E-state index in [1.54, 1.807) is 0 Å². The van der Waals surface area contributed by atoms with Gasteiger partial charge in [0.2, 0.25) is 8.38 Å². The summed E-state index contributed by atoms with van der Waals surface area (Å²) in [4.78, 5) is 0. The first kappa shape index (κ1) is 9.42. The van der Waals surface area contributed by atoms with Crippen molar-refractivity contribution in [1.82, 2.24) is 0 Å². The van der Waals surface area contributed by atoms with Gasteiger partial charge in [0, 0.05) is 10.3 Å². The zero-order valence-corrected chi connectivity index (χ0v) is 8.72. The average molecular weight is 217 g/mol. The summed E-state index contributed by atoms with van der Waals surface area (Å²) in [6.45, 7) is 1.58. The Kier molecular flexibility index (Phi) is 3.18. The molecule has 1 aromatic carbocycles. The van der Waals surface area contributed by atoms with E-state index in [0.29, 0.717) is 0 Å². The highest BCUT2D eigenvalue weighted by atomic mass is 35.5. The van der Waals surface area contributed by atoms with Gasteiger partial charge in [-0.3, -0.25) is 0 Å². The van der Waals surface area contributed by atoms with E-state index in [9.17, 15) is 0 Å². The molecule has 0 aromatic heterocycles. The van der Waals surface area contributed by atoms with Gasteiger partial charge < -0.3 is 9.05 Å². The highest BCUT2D eigenvalue weighted by Gasteiger charge is 2.17. The van der Waals surface area contributed by atoms with Crippen molar-refractivity contribution in [3.63, 3.8) is 0 Å². The molecule has 1 aliphatic rings. The highest BCUT2D eigenvalue weighted by molar-refractivity contribution is 7.56. The van der Waals surface area contributed by atoms with Crippen LogP contribution in [0, 0.1) is 0 Å². The molecule has 2 rings (SSSR count). The van der Waals surface area contributed by atoms with Crippen LogP contribution in [0.5, 0.6) is 0 Å². The second-order valence-corrected chi connectivity index (χ2v) is 4.74. The summed E-state index contributed by atoms with van der Waals surface area (Å²) >= 11 is 5.86. The number of hydrogen-bond acceptors (Lipinski definition) is 2. The van der Waals surface area contributed by atoms with Crippen molar-refractivity contribution < 1.29 is 9.05 Å². The van der Waals surface area contributed by atoms with Gasteiger partial charge in [0.25, 0.3) is 0 Å². The summed E-state index contributed by atoms with van der Waals surface area (Å²) in [6, 6.07) is 7.66. The van der Waals surface area contributed by atoms with Crippen LogP contribution >= 0.6 is 20.0 Å². The molecule has 0 amide bonds. The van der Waals surface area contributed by atoms with Crippen LogP contribution in [0.2, 0.25) is 5.02 Å². The van der Waals surface area contributed by atoms with Crippen LogP contribution in [0.1, 0.15) is 6.42 Å². The Bertz CT molecular complexity index is 287. The molecular formula is C9H10ClO2P. The van der Waals surface area contributed by atoms with Gasteiger partial charge in [0.1, 0.15) is 0 Å². The second kappa shape index (κ2) is 4.39. The van der Waals surface area contributed by atoms with E-state index in [2.05, 4.69) is 0 Å². The summed E-state index contributed by atoms with van der Waals surface area (Å²) in [6.07, 6.45) is 0.986. The van der Waals surface area contributed by atoms with Gasteiger partial charge in [-0.1, -0.05) is 17.7 Å². The van der Waals surface area contributed by atoms with Crippen LogP contribution in [-0.4, -0.2) is 13.2 Å². The van der Waals surface area contributed by atoms with Crippen LogP contribution in [0.3, 0.4) is 0 Å². The maximum absolute atomic E-state index is 5.86. The molecule has 1 aromatic rings. The molecular weight excluding hydrogens is 207 g/mol. The lowest BCUT2D eigenvalue weighted by Crippen LogP contribution is -2.12. The Morgan fingerprint density at radius 2 is 2.00 bits per heavy atom. The fourth-order valence-electron chi connectivity index (χ4n) is 1.13. The van der Waals surface area contributed by atoms with Gasteiger partial charge >= 0.3 is 0 Å². The zero-order chi connectivity index (χ0) is 9.10. The minimum absolute atomic E-state index is 0.734. The monoisotopic (exact) mass is 216 g/mol. The lowest BCUT2D eigenvalue weighted by molar-refractivity contribution is 0.188. The summed E-state index contributed by atoms with van der Waals surface area (Å²) < 4.78 is 11.0. The van der Waals surface area contributed by atoms with E-state index in [1.807, 2.05) is 24.3 Å². The quantitative estimate of drug-likeness (QED) is 0.672. The molecule has 1 fully saturated rings. The third-order valence-electron chi connectivity index (χ3n) is 1.72. The minimum Gasteiger partial charge on any atom is -0.331 e. The number of benzene rings is 1. The molecule has 13 heavy (non-hydrogen) atoms. The number of hydrogen-bond donors (Lipinski definition) is 0. The van der Waals surface area contributed by atoms with E-state index < -0.39 is 8.38 Å². The predicted molar refractivity (Wildman–Crippen MR) is 54.5 cm³/mol. The van der Waals surface area contributed by atoms with E-state index in [-0.39, 0.29) is 0 Å². The molecule has 1 saturated heterocycles. The van der Waals surface area contributed by atoms with Crippen LogP contribution < -0.4 is 5.30 Å². The Balaban J connectivity index is 2.14. The Morgan fingerprint density at radius 3 is 2.69 bits per heavy atom. The van der Waals surface area contributed by atoms with Crippen molar-refractivity contribution in [1.29, 1.82) is 0 Å². The van der Waals surface area contributed by atoms with Crippen molar-refractivity contribution >= 4 is 25.3 Å². The standard InChI is InChI=1S/C9H10ClO2P/c10-8-3-1-4-9(7-8)13-11-5-2-6-12-13/h1,3-4,7H,2,5-6H2. The maximum atomic E-state index is 5.86. The van der Waals surface area contributed by atoms with Crippen LogP contribution in [0.4, 0.5) is 0 Å². The molecule has 70 valence electrons. The molecule has 0 aliphatic carbocycles. The normalized spacial score (nSPS) is 18.8. The van der Waals surface area contributed by atoms with Crippen LogP contribution in [0.25, 0.3) is 0 Å². The van der Waals surface area contributed by atoms with Gasteiger partial charge in [-0.25, -0.2) is 0 Å². The Morgan fingerprint density at radius 1 is 1.23 bits per heavy atom. The third kappa shape index (κ3) is 2.41. The van der Waals surface area contributed by atoms with Crippen molar-refractivity contribution in [3.05, 3.63) is 29.3 Å². The van der Waals surface area contributed by atoms with Crippen LogP contribution in [0.15, 0.2) is 24.3 Å². The van der Waals surface area contributed by atoms with E-state index in [1.165, 1.54) is 0 Å². The lowest BCUT2D eigenvalue weighted by atomic mass is 10.4. The highest BCUT2D eigenvalue weighted by Crippen LogP contribution is 2.40. The number of halogens is 1. The molecule has 0 saturated carbocycles. The first-order chi connectivity index (χ1) is 6.36. The molecule has 1 aliphatic heterocycles. The molecule has 0 N–H and O–H groups in total. The molecule has 4 heteroatoms. The van der Waals surface area contributed by atoms with Crippen molar-refractivity contribution in [2.75, 3.05) is 13.2 Å². The lowest BCUT2D eigenvalue weighted by Gasteiger charge is -2.21. The first-order valence-corrected chi connectivity index (χ1v) is 5.73. The van der Waals surface area contributed by atoms with Crippen LogP contribution in [-0.2, 0) is 9.05 Å². The second-order valence-electron chi connectivity index (χ2n) is 2.76. The maximum Gasteiger partial charge on any atom is 0.205 e. The molecule has 1 heterocycles. The van der Waals surface area contributed by atoms with Gasteiger partial charge in [-0.2, -0.15) is 0 Å². The summed E-state index contributed by atoms with van der Waals surface area (Å²) in [5, 5.41) is 1.79. The molecule has 0 spiro atoms. The van der Waals surface area contributed by atoms with E-state index >= 15 is 0 Å². The van der Waals surface area contributed by atoms with Gasteiger partial charge in [-0.05, 0) is 24.6 Å². The Labute approximate surface area is 83.7 Å². The summed E-state index contributed by atoms with van der Waals surface area (Å²) in [5.74, 6) is 0. The van der Waals surface area contributed by atoms with Crippen molar-refractivity contribution in [2.45, 2.75) is 6.42 Å². The molecule has 0 bridgehead atoms. The van der Waals surface area contributed by atoms with E-state index in [0.717, 1.165) is 30.0 Å². The summed E-state index contributed by atoms with van der Waals surface area (Å²) in [5.41, 5.74) is 0. The topological polar surface area (TPSA) is 18.5 Å². The fraction of sp³-hybridized carbons (Fsp3) is 0.333. The van der Waals surface area contributed by atoms with Gasteiger partial charge in [-0.15, -0.1) is 0 Å². The Hall–Kier alpha value is -0.140. The SMILES string of the molecule is Clc1cccc(P2OCCCO2)c1. The van der Waals surface area contributed by atoms with Crippen molar-refractivity contribution in [2.24, 2.45) is 0 Å². The molecule has 0 radical (unpaired) electrons. The summed E-state index contributed by atoms with van der Waals surface area (Å²) in [7, 11) is -0.867. The van der Waals surface area contributed by atoms with Gasteiger partial charge in [0.05, 0.1) is 13.2 Å². The zero-order valence-electron chi connectivity index (χ0n) is 7.07. The minimum atomic E-state index is -0.867. The molecule has 0 unspecified atom stereocenters. The molecule has 0 atom stereocenters. The predicted octanol–water partition coefficient (Wildman–Crippen LogP) is 2.71. The fourth-order valence-corrected chi connectivity index (χ4v) is 2.81. The smallest absolute Gasteiger partial charge is 0.205 e. The largest absolute Gasteiger partial charge is 0.331 e. The third-order valence-corrected chi connectivity index (χ3v) is 3.49. The van der Waals surface area contributed by atoms with E-state index in [4.69, 9.17) is 20.6 Å². The van der Waals surface area contributed by atoms with Crippen molar-refractivity contribution in [3.8, 4) is 0 Å². The van der Waals surface area contributed by atoms with Gasteiger partial charge in [0.15, 0.2) is 0 Å². The molecule has 2 nitrogen and oxygen atoms in total. The first-order valence-electron chi connectivity index (χ1n) is 4.18. The number of rotatable bonds is 1.